The first-order valence-electron chi connectivity index (χ1n) is 13.2. The molecule has 11 heteroatoms. The zero-order chi connectivity index (χ0) is 29.7. The Bertz CT molecular complexity index is 1690. The lowest BCUT2D eigenvalue weighted by Crippen LogP contribution is -2.52. The van der Waals surface area contributed by atoms with Crippen molar-refractivity contribution in [1.29, 1.82) is 0 Å². The summed E-state index contributed by atoms with van der Waals surface area (Å²) in [6.45, 7) is 5.35. The topological polar surface area (TPSA) is 109 Å². The molecule has 0 amide bonds. The summed E-state index contributed by atoms with van der Waals surface area (Å²) in [5.74, 6) is -1.23. The fourth-order valence-electron chi connectivity index (χ4n) is 5.41. The number of hydrogen-bond donors (Lipinski definition) is 2. The van der Waals surface area contributed by atoms with Crippen molar-refractivity contribution in [3.05, 3.63) is 86.3 Å². The van der Waals surface area contributed by atoms with E-state index in [-0.39, 0.29) is 41.5 Å². The number of nitrogens with one attached hydrogen (secondary N) is 1. The molecule has 4 aromatic rings. The van der Waals surface area contributed by atoms with Crippen molar-refractivity contribution < 1.29 is 27.8 Å². The van der Waals surface area contributed by atoms with Gasteiger partial charge in [0.25, 0.3) is 10.9 Å². The van der Waals surface area contributed by atoms with E-state index in [4.69, 9.17) is 4.74 Å². The quantitative estimate of drug-likeness (QED) is 0.268. The molecule has 8 nitrogen and oxygen atoms in total. The molecular weight excluding hydrogens is 539 g/mol. The molecule has 2 heterocycles. The molecule has 1 fully saturated rings. The number of hydrogen-bond acceptors (Lipinski definition) is 7. The Morgan fingerprint density at radius 1 is 1.05 bits per heavy atom. The van der Waals surface area contributed by atoms with E-state index in [0.717, 1.165) is 18.9 Å². The van der Waals surface area contributed by atoms with Gasteiger partial charge in [-0.05, 0) is 68.8 Å². The summed E-state index contributed by atoms with van der Waals surface area (Å²) in [4.78, 5) is 42.9. The number of carbonyl (C=O) groups is 1. The van der Waals surface area contributed by atoms with E-state index < -0.39 is 34.2 Å². The molecular formula is C30H28F3N3O5. The highest BCUT2D eigenvalue weighted by atomic mass is 19.4. The molecule has 0 radical (unpaired) electrons. The SMILES string of the molecule is C[C@@H]1CC[C@H](C)N1c1c(N[C@@](C)(Cc2ccc(Oc3nc(C(F)(F)F)cc4ccccc34)cc2)C(=O)O)c(=O)c1=O. The zero-order valence-corrected chi connectivity index (χ0v) is 22.6. The summed E-state index contributed by atoms with van der Waals surface area (Å²) in [5.41, 5.74) is -3.31. The number of anilines is 2. The Morgan fingerprint density at radius 2 is 1.68 bits per heavy atom. The van der Waals surface area contributed by atoms with Gasteiger partial charge in [-0.2, -0.15) is 13.2 Å². The van der Waals surface area contributed by atoms with Crippen molar-refractivity contribution in [2.45, 2.75) is 63.8 Å². The highest BCUT2D eigenvalue weighted by molar-refractivity contribution is 5.88. The summed E-state index contributed by atoms with van der Waals surface area (Å²) in [5, 5.41) is 13.7. The van der Waals surface area contributed by atoms with E-state index in [1.165, 1.54) is 25.1 Å². The van der Waals surface area contributed by atoms with E-state index in [1.54, 1.807) is 30.3 Å². The number of carboxylic acid groups (broad SMARTS) is 1. The molecule has 1 aromatic heterocycles. The smallest absolute Gasteiger partial charge is 0.433 e. The largest absolute Gasteiger partial charge is 0.480 e. The second-order valence-corrected chi connectivity index (χ2v) is 10.8. The number of aromatic nitrogens is 1. The van der Waals surface area contributed by atoms with Gasteiger partial charge in [-0.3, -0.25) is 9.59 Å². The number of benzene rings is 2. The summed E-state index contributed by atoms with van der Waals surface area (Å²) < 4.78 is 46.0. The van der Waals surface area contributed by atoms with Crippen LogP contribution in [0.2, 0.25) is 0 Å². The third kappa shape index (κ3) is 5.23. The molecule has 3 atom stereocenters. The first-order valence-corrected chi connectivity index (χ1v) is 13.2. The monoisotopic (exact) mass is 567 g/mol. The molecule has 3 aromatic carbocycles. The third-order valence-electron chi connectivity index (χ3n) is 7.66. The Labute approximate surface area is 233 Å². The maximum absolute atomic E-state index is 13.4. The Balaban J connectivity index is 1.39. The van der Waals surface area contributed by atoms with Gasteiger partial charge in [-0.1, -0.05) is 30.3 Å². The average molecular weight is 568 g/mol. The van der Waals surface area contributed by atoms with E-state index in [9.17, 15) is 32.7 Å². The van der Waals surface area contributed by atoms with Gasteiger partial charge in [0.05, 0.1) is 0 Å². The second-order valence-electron chi connectivity index (χ2n) is 10.8. The Hall–Kier alpha value is -4.41. The van der Waals surface area contributed by atoms with Crippen LogP contribution in [0, 0.1) is 0 Å². The van der Waals surface area contributed by atoms with Crippen molar-refractivity contribution >= 4 is 28.1 Å². The predicted octanol–water partition coefficient (Wildman–Crippen LogP) is 5.52. The van der Waals surface area contributed by atoms with Gasteiger partial charge in [0.2, 0.25) is 5.88 Å². The molecule has 5 rings (SSSR count). The third-order valence-corrected chi connectivity index (χ3v) is 7.66. The molecule has 1 aliphatic heterocycles. The predicted molar refractivity (Wildman–Crippen MR) is 149 cm³/mol. The average Bonchev–Trinajstić information content (AvgIpc) is 3.25. The number of aliphatic carboxylic acids is 1. The van der Waals surface area contributed by atoms with Crippen molar-refractivity contribution in [2.24, 2.45) is 0 Å². The Kier molecular flexibility index (Phi) is 7.00. The zero-order valence-electron chi connectivity index (χ0n) is 22.6. The molecule has 214 valence electrons. The lowest BCUT2D eigenvalue weighted by Gasteiger charge is -2.34. The van der Waals surface area contributed by atoms with Crippen LogP contribution in [0.25, 0.3) is 10.8 Å². The number of rotatable bonds is 8. The maximum atomic E-state index is 13.4. The molecule has 2 N–H and O–H groups in total. The minimum Gasteiger partial charge on any atom is -0.480 e. The minimum absolute atomic E-state index is 0.00273. The minimum atomic E-state index is -4.66. The van der Waals surface area contributed by atoms with Crippen LogP contribution in [0.3, 0.4) is 0 Å². The fraction of sp³-hybridized carbons (Fsp3) is 0.333. The van der Waals surface area contributed by atoms with Crippen LogP contribution in [0.4, 0.5) is 24.5 Å². The highest BCUT2D eigenvalue weighted by Crippen LogP contribution is 2.36. The number of alkyl halides is 3. The van der Waals surface area contributed by atoms with Gasteiger partial charge in [0.1, 0.15) is 28.4 Å². The highest BCUT2D eigenvalue weighted by Gasteiger charge is 2.41. The van der Waals surface area contributed by atoms with Crippen molar-refractivity contribution in [3.63, 3.8) is 0 Å². The van der Waals surface area contributed by atoms with Gasteiger partial charge in [-0.25, -0.2) is 9.78 Å². The van der Waals surface area contributed by atoms with Gasteiger partial charge in [-0.15, -0.1) is 0 Å². The van der Waals surface area contributed by atoms with E-state index in [0.29, 0.717) is 16.3 Å². The van der Waals surface area contributed by atoms with Crippen LogP contribution in [0.15, 0.2) is 64.2 Å². The van der Waals surface area contributed by atoms with Crippen LogP contribution in [0.5, 0.6) is 11.6 Å². The molecule has 0 unspecified atom stereocenters. The van der Waals surface area contributed by atoms with Crippen LogP contribution < -0.4 is 25.8 Å². The second kappa shape index (κ2) is 10.2. The summed E-state index contributed by atoms with van der Waals surface area (Å²) in [6.07, 6.45) is -3.00. The molecule has 0 bridgehead atoms. The summed E-state index contributed by atoms with van der Waals surface area (Å²) >= 11 is 0. The standard InChI is InChI=1S/C30H28F3N3O5/c1-16-8-9-17(2)36(16)24-23(25(37)26(24)38)35-29(3,28(39)40)15-18-10-12-20(13-11-18)41-27-21-7-5-4-6-19(21)14-22(34-27)30(31,32)33/h4-7,10-14,16-17,35H,8-9,15H2,1-3H3,(H,39,40)/t16-,17+,29-/m0/s1. The molecule has 0 saturated carbocycles. The van der Waals surface area contributed by atoms with Crippen molar-refractivity contribution in [2.75, 3.05) is 10.2 Å². The van der Waals surface area contributed by atoms with Gasteiger partial charge in [0.15, 0.2) is 0 Å². The first kappa shape index (κ1) is 28.1. The van der Waals surface area contributed by atoms with Crippen molar-refractivity contribution in [3.8, 4) is 11.6 Å². The maximum Gasteiger partial charge on any atom is 0.433 e. The normalized spacial score (nSPS) is 18.9. The molecule has 0 spiro atoms. The number of carboxylic acids is 1. The van der Waals surface area contributed by atoms with Crippen LogP contribution >= 0.6 is 0 Å². The van der Waals surface area contributed by atoms with Crippen molar-refractivity contribution in [1.82, 2.24) is 4.98 Å². The molecule has 1 saturated heterocycles. The lowest BCUT2D eigenvalue weighted by molar-refractivity contribution is -0.142. The number of ether oxygens (including phenoxy) is 1. The number of pyridine rings is 1. The van der Waals surface area contributed by atoms with E-state index in [1.807, 2.05) is 18.7 Å². The number of nitrogens with zero attached hydrogens (tertiary/aromatic N) is 2. The number of halogens is 3. The fourth-order valence-corrected chi connectivity index (χ4v) is 5.41. The van der Waals surface area contributed by atoms with Gasteiger partial charge < -0.3 is 20.1 Å². The molecule has 1 aliphatic rings. The van der Waals surface area contributed by atoms with E-state index >= 15 is 0 Å². The first-order chi connectivity index (χ1) is 19.3. The molecule has 41 heavy (non-hydrogen) atoms. The van der Waals surface area contributed by atoms with Crippen LogP contribution in [-0.4, -0.2) is 33.7 Å². The summed E-state index contributed by atoms with van der Waals surface area (Å²) in [7, 11) is 0. The van der Waals surface area contributed by atoms with Crippen LogP contribution in [0.1, 0.15) is 44.9 Å². The summed E-state index contributed by atoms with van der Waals surface area (Å²) in [6, 6.07) is 13.6. The Morgan fingerprint density at radius 3 is 2.29 bits per heavy atom. The van der Waals surface area contributed by atoms with E-state index in [2.05, 4.69) is 10.3 Å². The molecule has 0 aliphatic carbocycles. The van der Waals surface area contributed by atoms with Crippen LogP contribution in [-0.2, 0) is 17.4 Å². The van der Waals surface area contributed by atoms with Gasteiger partial charge >= 0.3 is 12.1 Å². The van der Waals surface area contributed by atoms with Gasteiger partial charge in [0, 0.05) is 23.9 Å². The number of fused-ring (bicyclic) bond motifs is 1. The lowest BCUT2D eigenvalue weighted by atomic mass is 9.91.